The summed E-state index contributed by atoms with van der Waals surface area (Å²) in [5.74, 6) is 1.09. The number of anilines is 2. The number of piperidine rings is 1. The third-order valence-corrected chi connectivity index (χ3v) is 5.55. The molecule has 3 aromatic rings. The van der Waals surface area contributed by atoms with Crippen LogP contribution in [0.4, 0.5) is 16.3 Å². The summed E-state index contributed by atoms with van der Waals surface area (Å²) in [5, 5.41) is 19.2. The van der Waals surface area contributed by atoms with Crippen LogP contribution in [0.3, 0.4) is 0 Å². The third kappa shape index (κ3) is 4.14. The summed E-state index contributed by atoms with van der Waals surface area (Å²) in [5.41, 5.74) is 4.45. The second kappa shape index (κ2) is 7.97. The Labute approximate surface area is 167 Å². The van der Waals surface area contributed by atoms with Crippen LogP contribution in [0.15, 0.2) is 35.8 Å². The van der Waals surface area contributed by atoms with Crippen LogP contribution in [0.2, 0.25) is 0 Å². The van der Waals surface area contributed by atoms with Gasteiger partial charge >= 0.3 is 6.03 Å². The van der Waals surface area contributed by atoms with Gasteiger partial charge in [0.1, 0.15) is 16.3 Å². The molecule has 1 aromatic carbocycles. The summed E-state index contributed by atoms with van der Waals surface area (Å²) in [4.78, 5) is 14.7. The van der Waals surface area contributed by atoms with Crippen LogP contribution in [0.25, 0.3) is 10.6 Å². The van der Waals surface area contributed by atoms with Gasteiger partial charge in [0.15, 0.2) is 0 Å². The summed E-state index contributed by atoms with van der Waals surface area (Å²) >= 11 is 1.49. The van der Waals surface area contributed by atoms with E-state index in [2.05, 4.69) is 36.9 Å². The van der Waals surface area contributed by atoms with Crippen molar-refractivity contribution in [3.8, 4) is 10.6 Å². The first-order valence-electron chi connectivity index (χ1n) is 9.28. The van der Waals surface area contributed by atoms with E-state index in [1.165, 1.54) is 11.3 Å². The topological polar surface area (TPSA) is 88.0 Å². The molecule has 0 saturated carbocycles. The highest BCUT2D eigenvalue weighted by Crippen LogP contribution is 2.23. The van der Waals surface area contributed by atoms with Crippen LogP contribution in [-0.2, 0) is 7.05 Å². The van der Waals surface area contributed by atoms with E-state index in [4.69, 9.17) is 0 Å². The van der Waals surface area contributed by atoms with Crippen molar-refractivity contribution in [2.24, 2.45) is 7.05 Å². The van der Waals surface area contributed by atoms with E-state index in [9.17, 15) is 4.79 Å². The predicted octanol–water partition coefficient (Wildman–Crippen LogP) is 3.04. The van der Waals surface area contributed by atoms with Gasteiger partial charge in [-0.05, 0) is 44.0 Å². The Morgan fingerprint density at radius 3 is 2.79 bits per heavy atom. The second-order valence-electron chi connectivity index (χ2n) is 6.97. The average Bonchev–Trinajstić information content (AvgIpc) is 3.32. The number of nitrogens with one attached hydrogen (secondary N) is 2. The molecule has 2 amide bonds. The molecule has 8 nitrogen and oxygen atoms in total. The number of aromatic nitrogens is 4. The van der Waals surface area contributed by atoms with Gasteiger partial charge in [0.25, 0.3) is 0 Å². The van der Waals surface area contributed by atoms with Gasteiger partial charge in [-0.25, -0.2) is 4.79 Å². The highest BCUT2D eigenvalue weighted by Gasteiger charge is 2.23. The van der Waals surface area contributed by atoms with Crippen molar-refractivity contribution in [3.05, 3.63) is 41.5 Å². The van der Waals surface area contributed by atoms with Crippen molar-refractivity contribution in [1.29, 1.82) is 0 Å². The molecule has 2 N–H and O–H groups in total. The number of hydrogen-bond acceptors (Lipinski definition) is 6. The largest absolute Gasteiger partial charge is 0.355 e. The monoisotopic (exact) mass is 397 g/mol. The standard InChI is InChI=1S/C19H23N7OS/c1-13-10-17(25(2)24-13)26-9-3-4-16(11-26)22-19(27)21-15-7-5-14(6-8-15)18-23-20-12-28-18/h5-8,10,12,16H,3-4,9,11H2,1-2H3,(H2,21,22,27). The van der Waals surface area contributed by atoms with Gasteiger partial charge in [-0.1, -0.05) is 11.3 Å². The quantitative estimate of drug-likeness (QED) is 0.706. The summed E-state index contributed by atoms with van der Waals surface area (Å²) < 4.78 is 1.90. The molecule has 3 heterocycles. The number of amides is 2. The van der Waals surface area contributed by atoms with Gasteiger partial charge in [-0.2, -0.15) is 5.10 Å². The van der Waals surface area contributed by atoms with Gasteiger partial charge in [-0.15, -0.1) is 10.2 Å². The molecule has 0 radical (unpaired) electrons. The minimum atomic E-state index is -0.184. The number of urea groups is 1. The number of carbonyl (C=O) groups is 1. The molecule has 2 aromatic heterocycles. The number of hydrogen-bond donors (Lipinski definition) is 2. The van der Waals surface area contributed by atoms with Crippen molar-refractivity contribution in [1.82, 2.24) is 25.3 Å². The highest BCUT2D eigenvalue weighted by molar-refractivity contribution is 7.12. The van der Waals surface area contributed by atoms with E-state index in [0.29, 0.717) is 0 Å². The fourth-order valence-electron chi connectivity index (χ4n) is 3.54. The summed E-state index contributed by atoms with van der Waals surface area (Å²) in [6, 6.07) is 9.62. The molecule has 1 aliphatic rings. The smallest absolute Gasteiger partial charge is 0.319 e. The van der Waals surface area contributed by atoms with Crippen molar-refractivity contribution < 1.29 is 4.79 Å². The van der Waals surface area contributed by atoms with Crippen LogP contribution in [0, 0.1) is 6.92 Å². The lowest BCUT2D eigenvalue weighted by Crippen LogP contribution is -2.49. The first kappa shape index (κ1) is 18.4. The zero-order valence-corrected chi connectivity index (χ0v) is 16.7. The Balaban J connectivity index is 1.34. The molecular formula is C19H23N7OS. The SMILES string of the molecule is Cc1cc(N2CCCC(NC(=O)Nc3ccc(-c4nncs4)cc3)C2)n(C)n1. The number of nitrogens with zero attached hydrogens (tertiary/aromatic N) is 5. The lowest BCUT2D eigenvalue weighted by atomic mass is 10.1. The minimum absolute atomic E-state index is 0.102. The zero-order valence-electron chi connectivity index (χ0n) is 15.9. The molecule has 146 valence electrons. The Morgan fingerprint density at radius 1 is 1.29 bits per heavy atom. The fraction of sp³-hybridized carbons (Fsp3) is 0.368. The molecule has 1 aliphatic heterocycles. The van der Waals surface area contributed by atoms with Gasteiger partial charge in [0, 0.05) is 43.5 Å². The van der Waals surface area contributed by atoms with Crippen LogP contribution in [0.1, 0.15) is 18.5 Å². The normalized spacial score (nSPS) is 16.8. The Kier molecular flexibility index (Phi) is 5.25. The Hall–Kier alpha value is -2.94. The van der Waals surface area contributed by atoms with E-state index < -0.39 is 0 Å². The number of rotatable bonds is 4. The molecular weight excluding hydrogens is 374 g/mol. The van der Waals surface area contributed by atoms with Crippen molar-refractivity contribution >= 4 is 28.9 Å². The van der Waals surface area contributed by atoms with E-state index in [1.54, 1.807) is 5.51 Å². The van der Waals surface area contributed by atoms with Crippen LogP contribution >= 0.6 is 11.3 Å². The van der Waals surface area contributed by atoms with Crippen molar-refractivity contribution in [2.45, 2.75) is 25.8 Å². The van der Waals surface area contributed by atoms with E-state index >= 15 is 0 Å². The van der Waals surface area contributed by atoms with Gasteiger partial charge in [0.2, 0.25) is 0 Å². The van der Waals surface area contributed by atoms with E-state index in [0.717, 1.165) is 53.7 Å². The highest BCUT2D eigenvalue weighted by atomic mass is 32.1. The second-order valence-corrected chi connectivity index (χ2v) is 7.81. The molecule has 28 heavy (non-hydrogen) atoms. The van der Waals surface area contributed by atoms with Crippen LogP contribution in [-0.4, -0.2) is 45.1 Å². The lowest BCUT2D eigenvalue weighted by Gasteiger charge is -2.34. The number of carbonyl (C=O) groups excluding carboxylic acids is 1. The number of aryl methyl sites for hydroxylation is 2. The molecule has 9 heteroatoms. The average molecular weight is 398 g/mol. The maximum absolute atomic E-state index is 12.4. The fourth-order valence-corrected chi connectivity index (χ4v) is 4.10. The van der Waals surface area contributed by atoms with Crippen LogP contribution in [0.5, 0.6) is 0 Å². The molecule has 1 unspecified atom stereocenters. The summed E-state index contributed by atoms with van der Waals surface area (Å²) in [7, 11) is 1.96. The van der Waals surface area contributed by atoms with Gasteiger partial charge in [-0.3, -0.25) is 4.68 Å². The predicted molar refractivity (Wildman–Crippen MR) is 111 cm³/mol. The Bertz CT molecular complexity index is 936. The van der Waals surface area contributed by atoms with Gasteiger partial charge < -0.3 is 15.5 Å². The molecule has 0 aliphatic carbocycles. The lowest BCUT2D eigenvalue weighted by molar-refractivity contribution is 0.246. The Morgan fingerprint density at radius 2 is 2.11 bits per heavy atom. The van der Waals surface area contributed by atoms with Crippen LogP contribution < -0.4 is 15.5 Å². The molecule has 0 bridgehead atoms. The molecule has 1 saturated heterocycles. The molecule has 0 spiro atoms. The number of benzene rings is 1. The van der Waals surface area contributed by atoms with E-state index in [1.807, 2.05) is 42.9 Å². The molecule has 1 fully saturated rings. The zero-order chi connectivity index (χ0) is 19.5. The third-order valence-electron chi connectivity index (χ3n) is 4.81. The first-order chi connectivity index (χ1) is 13.6. The van der Waals surface area contributed by atoms with Crippen molar-refractivity contribution in [3.63, 3.8) is 0 Å². The molecule has 4 rings (SSSR count). The maximum atomic E-state index is 12.4. The summed E-state index contributed by atoms with van der Waals surface area (Å²) in [6.45, 7) is 3.75. The van der Waals surface area contributed by atoms with Crippen molar-refractivity contribution in [2.75, 3.05) is 23.3 Å². The minimum Gasteiger partial charge on any atom is -0.355 e. The molecule has 1 atom stereocenters. The summed E-state index contributed by atoms with van der Waals surface area (Å²) in [6.07, 6.45) is 2.00. The maximum Gasteiger partial charge on any atom is 0.319 e. The van der Waals surface area contributed by atoms with Gasteiger partial charge in [0.05, 0.1) is 5.69 Å². The first-order valence-corrected chi connectivity index (χ1v) is 10.2. The van der Waals surface area contributed by atoms with E-state index in [-0.39, 0.29) is 12.1 Å².